The summed E-state index contributed by atoms with van der Waals surface area (Å²) in [5.41, 5.74) is -1.23. The number of imide groups is 1. The molecule has 5 unspecified atom stereocenters. The van der Waals surface area contributed by atoms with Crippen molar-refractivity contribution in [1.29, 1.82) is 0 Å². The molecule has 5 atom stereocenters. The second kappa shape index (κ2) is 7.41. The van der Waals surface area contributed by atoms with E-state index in [0.717, 1.165) is 5.56 Å². The van der Waals surface area contributed by atoms with Crippen molar-refractivity contribution in [2.45, 2.75) is 58.2 Å². The van der Waals surface area contributed by atoms with Crippen molar-refractivity contribution in [1.82, 2.24) is 10.2 Å². The van der Waals surface area contributed by atoms with Gasteiger partial charge in [-0.3, -0.25) is 24.6 Å². The molecule has 2 fully saturated rings. The molecule has 29 heavy (non-hydrogen) atoms. The summed E-state index contributed by atoms with van der Waals surface area (Å²) in [5, 5.41) is 13.4. The molecule has 2 saturated heterocycles. The summed E-state index contributed by atoms with van der Waals surface area (Å²) in [6, 6.07) is 9.08. The van der Waals surface area contributed by atoms with E-state index in [9.17, 15) is 19.5 Å². The van der Waals surface area contributed by atoms with E-state index in [0.29, 0.717) is 6.42 Å². The first-order chi connectivity index (χ1) is 13.6. The molecule has 1 aromatic rings. The first kappa shape index (κ1) is 21.2. The van der Waals surface area contributed by atoms with E-state index < -0.39 is 40.8 Å². The lowest BCUT2D eigenvalue weighted by molar-refractivity contribution is -0.155. The predicted octanol–water partition coefficient (Wildman–Crippen LogP) is 2.94. The number of benzene rings is 1. The van der Waals surface area contributed by atoms with Crippen LogP contribution in [0.25, 0.3) is 6.08 Å². The molecule has 0 bridgehead atoms. The van der Waals surface area contributed by atoms with Crippen molar-refractivity contribution >= 4 is 23.9 Å². The molecule has 0 aromatic heterocycles. The van der Waals surface area contributed by atoms with Crippen LogP contribution in [0.15, 0.2) is 36.4 Å². The number of nitrogens with zero attached hydrogens (tertiary/aromatic N) is 1. The van der Waals surface area contributed by atoms with E-state index in [-0.39, 0.29) is 11.8 Å². The van der Waals surface area contributed by atoms with Gasteiger partial charge in [-0.25, -0.2) is 0 Å². The van der Waals surface area contributed by atoms with Gasteiger partial charge < -0.3 is 5.11 Å². The van der Waals surface area contributed by atoms with Crippen molar-refractivity contribution in [2.75, 3.05) is 0 Å². The van der Waals surface area contributed by atoms with Gasteiger partial charge in [-0.15, -0.1) is 0 Å². The van der Waals surface area contributed by atoms with Gasteiger partial charge in [-0.2, -0.15) is 0 Å². The van der Waals surface area contributed by atoms with Crippen LogP contribution in [0.1, 0.15) is 46.6 Å². The van der Waals surface area contributed by atoms with Crippen molar-refractivity contribution < 1.29 is 19.5 Å². The number of fused-ring (bicyclic) bond motifs is 1. The molecule has 3 rings (SSSR count). The maximum Gasteiger partial charge on any atom is 0.325 e. The minimum Gasteiger partial charge on any atom is -0.480 e. The Morgan fingerprint density at radius 2 is 1.86 bits per heavy atom. The van der Waals surface area contributed by atoms with Crippen molar-refractivity contribution in [3.05, 3.63) is 42.0 Å². The monoisotopic (exact) mass is 398 g/mol. The lowest BCUT2D eigenvalue weighted by atomic mass is 9.72. The Bertz CT molecular complexity index is 842. The second-order valence-corrected chi connectivity index (χ2v) is 9.11. The molecule has 0 aliphatic carbocycles. The molecule has 2 N–H and O–H groups in total. The molecule has 0 radical (unpaired) electrons. The third kappa shape index (κ3) is 3.29. The highest BCUT2D eigenvalue weighted by molar-refractivity contribution is 6.10. The van der Waals surface area contributed by atoms with Crippen LogP contribution in [0.3, 0.4) is 0 Å². The standard InChI is InChI=1S/C23H30N2O4/c1-6-14(2)23(21(28)29)18-17(19(26)25(20(18)27)22(3,4)5)16(24-23)13-12-15-10-8-7-9-11-15/h7-14,16-18,24H,6H2,1-5H3,(H,28,29)/b13-12+. The fraction of sp³-hybridized carbons (Fsp3) is 0.522. The lowest BCUT2D eigenvalue weighted by Crippen LogP contribution is -2.61. The predicted molar refractivity (Wildman–Crippen MR) is 111 cm³/mol. The number of rotatable bonds is 5. The molecule has 6 heteroatoms. The van der Waals surface area contributed by atoms with Crippen molar-refractivity contribution in [3.63, 3.8) is 0 Å². The van der Waals surface area contributed by atoms with Crippen LogP contribution >= 0.6 is 0 Å². The van der Waals surface area contributed by atoms with Crippen molar-refractivity contribution in [3.8, 4) is 0 Å². The van der Waals surface area contributed by atoms with Gasteiger partial charge in [0.2, 0.25) is 11.8 Å². The van der Waals surface area contributed by atoms with E-state index in [1.165, 1.54) is 4.90 Å². The first-order valence-corrected chi connectivity index (χ1v) is 10.2. The number of carbonyl (C=O) groups is 3. The summed E-state index contributed by atoms with van der Waals surface area (Å²) >= 11 is 0. The average molecular weight is 399 g/mol. The number of amides is 2. The van der Waals surface area contributed by atoms with E-state index >= 15 is 0 Å². The fourth-order valence-corrected chi connectivity index (χ4v) is 4.77. The number of hydrogen-bond donors (Lipinski definition) is 2. The number of nitrogens with one attached hydrogen (secondary N) is 1. The Balaban J connectivity index is 2.10. The SMILES string of the molecule is CCC(C)C1(C(=O)O)NC(/C=C/c2ccccc2)C2C(=O)N(C(C)(C)C)C(=O)C21. The van der Waals surface area contributed by atoms with Crippen LogP contribution in [0, 0.1) is 17.8 Å². The number of carboxylic acid groups (broad SMARTS) is 1. The Kier molecular flexibility index (Phi) is 5.43. The molecule has 2 aliphatic rings. The van der Waals surface area contributed by atoms with Gasteiger partial charge in [-0.1, -0.05) is 62.8 Å². The van der Waals surface area contributed by atoms with E-state index in [4.69, 9.17) is 0 Å². The Morgan fingerprint density at radius 3 is 2.38 bits per heavy atom. The third-order valence-corrected chi connectivity index (χ3v) is 6.34. The van der Waals surface area contributed by atoms with Gasteiger partial charge in [-0.05, 0) is 32.3 Å². The van der Waals surface area contributed by atoms with Gasteiger partial charge in [0.15, 0.2) is 0 Å². The minimum atomic E-state index is -1.47. The largest absolute Gasteiger partial charge is 0.480 e. The molecule has 0 saturated carbocycles. The third-order valence-electron chi connectivity index (χ3n) is 6.34. The van der Waals surface area contributed by atoms with Gasteiger partial charge in [0.05, 0.1) is 11.8 Å². The topological polar surface area (TPSA) is 86.7 Å². The summed E-state index contributed by atoms with van der Waals surface area (Å²) in [7, 11) is 0. The number of hydrogen-bond acceptors (Lipinski definition) is 4. The van der Waals surface area contributed by atoms with Crippen LogP contribution in [-0.4, -0.2) is 44.9 Å². The number of carboxylic acids is 1. The van der Waals surface area contributed by atoms with Crippen LogP contribution in [0.2, 0.25) is 0 Å². The second-order valence-electron chi connectivity index (χ2n) is 9.11. The molecule has 0 spiro atoms. The van der Waals surface area contributed by atoms with Crippen LogP contribution in [0.4, 0.5) is 0 Å². The highest BCUT2D eigenvalue weighted by atomic mass is 16.4. The minimum absolute atomic E-state index is 0.297. The van der Waals surface area contributed by atoms with E-state index in [2.05, 4.69) is 5.32 Å². The summed E-state index contributed by atoms with van der Waals surface area (Å²) in [5.74, 6) is -3.74. The van der Waals surface area contributed by atoms with Crippen LogP contribution < -0.4 is 5.32 Å². The average Bonchev–Trinajstić information content (AvgIpc) is 3.14. The molecule has 2 aliphatic heterocycles. The fourth-order valence-electron chi connectivity index (χ4n) is 4.77. The van der Waals surface area contributed by atoms with E-state index in [1.54, 1.807) is 20.8 Å². The summed E-state index contributed by atoms with van der Waals surface area (Å²) in [4.78, 5) is 40.5. The number of likely N-dealkylation sites (tertiary alicyclic amines) is 1. The zero-order chi connectivity index (χ0) is 21.6. The van der Waals surface area contributed by atoms with Crippen LogP contribution in [0.5, 0.6) is 0 Å². The zero-order valence-electron chi connectivity index (χ0n) is 17.7. The number of aliphatic carboxylic acids is 1. The smallest absolute Gasteiger partial charge is 0.325 e. The maximum absolute atomic E-state index is 13.4. The number of carbonyl (C=O) groups excluding carboxylic acids is 2. The van der Waals surface area contributed by atoms with Gasteiger partial charge >= 0.3 is 5.97 Å². The lowest BCUT2D eigenvalue weighted by Gasteiger charge is -2.37. The van der Waals surface area contributed by atoms with Gasteiger partial charge in [0.25, 0.3) is 0 Å². The molecule has 1 aromatic carbocycles. The highest BCUT2D eigenvalue weighted by Crippen LogP contribution is 2.49. The molecule has 2 heterocycles. The van der Waals surface area contributed by atoms with E-state index in [1.807, 2.05) is 56.3 Å². The van der Waals surface area contributed by atoms with Crippen LogP contribution in [-0.2, 0) is 14.4 Å². The Labute approximate surface area is 172 Å². The first-order valence-electron chi connectivity index (χ1n) is 10.2. The summed E-state index contributed by atoms with van der Waals surface area (Å²) in [6.45, 7) is 9.15. The zero-order valence-corrected chi connectivity index (χ0v) is 17.7. The van der Waals surface area contributed by atoms with Gasteiger partial charge in [0, 0.05) is 11.6 Å². The highest BCUT2D eigenvalue weighted by Gasteiger charge is 2.70. The summed E-state index contributed by atoms with van der Waals surface area (Å²) in [6.07, 6.45) is 4.28. The molecule has 6 nitrogen and oxygen atoms in total. The Hall–Kier alpha value is -2.47. The molecule has 2 amide bonds. The Morgan fingerprint density at radius 1 is 1.24 bits per heavy atom. The van der Waals surface area contributed by atoms with Gasteiger partial charge in [0.1, 0.15) is 5.54 Å². The summed E-state index contributed by atoms with van der Waals surface area (Å²) < 4.78 is 0. The normalized spacial score (nSPS) is 30.8. The van der Waals surface area contributed by atoms with Crippen molar-refractivity contribution in [2.24, 2.45) is 17.8 Å². The maximum atomic E-state index is 13.4. The molecule has 156 valence electrons. The molecular formula is C23H30N2O4. The quantitative estimate of drug-likeness (QED) is 0.745. The molecular weight excluding hydrogens is 368 g/mol.